The molecular formula is C14H14BrNOS. The van der Waals surface area contributed by atoms with Crippen molar-refractivity contribution in [3.8, 4) is 0 Å². The Kier molecular flexibility index (Phi) is 3.06. The smallest absolute Gasteiger partial charge is 0.0965 e. The van der Waals surface area contributed by atoms with Gasteiger partial charge in [-0.05, 0) is 45.6 Å². The molecule has 2 atom stereocenters. The van der Waals surface area contributed by atoms with Crippen LogP contribution in [0.4, 0.5) is 0 Å². The molecule has 0 saturated carbocycles. The van der Waals surface area contributed by atoms with E-state index in [2.05, 4.69) is 22.0 Å². The van der Waals surface area contributed by atoms with E-state index in [0.717, 1.165) is 14.9 Å². The van der Waals surface area contributed by atoms with E-state index in [1.165, 1.54) is 4.88 Å². The van der Waals surface area contributed by atoms with Gasteiger partial charge in [0.15, 0.2) is 0 Å². The standard InChI is InChI=1S/C14H14BrNOS/c15-13-6-5-9(18-13)7-14(17)8-12(16)10-3-1-2-4-11(10)14/h1-6,12,17H,7-8,16H2. The van der Waals surface area contributed by atoms with E-state index in [1.807, 2.05) is 30.3 Å². The van der Waals surface area contributed by atoms with Crippen LogP contribution in [0.5, 0.6) is 0 Å². The molecule has 1 aliphatic rings. The minimum Gasteiger partial charge on any atom is -0.385 e. The number of thiophene rings is 1. The van der Waals surface area contributed by atoms with Crippen molar-refractivity contribution in [2.45, 2.75) is 24.5 Å². The predicted octanol–water partition coefficient (Wildman–Crippen LogP) is 3.34. The summed E-state index contributed by atoms with van der Waals surface area (Å²) in [5.41, 5.74) is 7.36. The van der Waals surface area contributed by atoms with E-state index in [1.54, 1.807) is 11.3 Å². The minimum absolute atomic E-state index is 0.0606. The van der Waals surface area contributed by atoms with Gasteiger partial charge in [0.2, 0.25) is 0 Å². The van der Waals surface area contributed by atoms with Gasteiger partial charge in [0.05, 0.1) is 9.39 Å². The van der Waals surface area contributed by atoms with Crippen LogP contribution in [0, 0.1) is 0 Å². The zero-order chi connectivity index (χ0) is 12.8. The lowest BCUT2D eigenvalue weighted by Gasteiger charge is -2.23. The lowest BCUT2D eigenvalue weighted by Crippen LogP contribution is -2.26. The first-order valence-corrected chi connectivity index (χ1v) is 7.51. The van der Waals surface area contributed by atoms with Gasteiger partial charge in [0.1, 0.15) is 0 Å². The van der Waals surface area contributed by atoms with Gasteiger partial charge in [0, 0.05) is 17.3 Å². The number of aliphatic hydroxyl groups is 1. The van der Waals surface area contributed by atoms with Crippen LogP contribution >= 0.6 is 27.3 Å². The Hall–Kier alpha value is -0.680. The molecule has 4 heteroatoms. The summed E-state index contributed by atoms with van der Waals surface area (Å²) in [6.45, 7) is 0. The lowest BCUT2D eigenvalue weighted by molar-refractivity contribution is 0.0350. The first-order valence-electron chi connectivity index (χ1n) is 5.90. The third-order valence-electron chi connectivity index (χ3n) is 3.51. The Morgan fingerprint density at radius 3 is 2.83 bits per heavy atom. The molecule has 2 nitrogen and oxygen atoms in total. The summed E-state index contributed by atoms with van der Waals surface area (Å²) in [4.78, 5) is 1.17. The van der Waals surface area contributed by atoms with Crippen molar-refractivity contribution in [2.75, 3.05) is 0 Å². The summed E-state index contributed by atoms with van der Waals surface area (Å²) in [6.07, 6.45) is 1.23. The maximum atomic E-state index is 10.9. The van der Waals surface area contributed by atoms with Gasteiger partial charge < -0.3 is 10.8 Å². The van der Waals surface area contributed by atoms with E-state index in [9.17, 15) is 5.11 Å². The van der Waals surface area contributed by atoms with Gasteiger partial charge in [0.25, 0.3) is 0 Å². The highest BCUT2D eigenvalue weighted by atomic mass is 79.9. The first kappa shape index (κ1) is 12.4. The maximum Gasteiger partial charge on any atom is 0.0965 e. The van der Waals surface area contributed by atoms with Gasteiger partial charge >= 0.3 is 0 Å². The molecule has 0 saturated heterocycles. The average molecular weight is 324 g/mol. The normalized spacial score (nSPS) is 26.3. The van der Waals surface area contributed by atoms with E-state index in [4.69, 9.17) is 5.73 Å². The number of benzene rings is 1. The molecule has 0 fully saturated rings. The third-order valence-corrected chi connectivity index (χ3v) is 5.14. The third kappa shape index (κ3) is 2.03. The molecule has 18 heavy (non-hydrogen) atoms. The fourth-order valence-corrected chi connectivity index (χ4v) is 4.32. The minimum atomic E-state index is -0.819. The van der Waals surface area contributed by atoms with Crippen LogP contribution < -0.4 is 5.73 Å². The molecule has 0 aliphatic heterocycles. The molecule has 0 amide bonds. The van der Waals surface area contributed by atoms with Crippen LogP contribution in [-0.4, -0.2) is 5.11 Å². The summed E-state index contributed by atoms with van der Waals surface area (Å²) in [5, 5.41) is 10.9. The SMILES string of the molecule is NC1CC(O)(Cc2ccc(Br)s2)c2ccccc21. The Bertz CT molecular complexity index is 583. The summed E-state index contributed by atoms with van der Waals surface area (Å²) in [5.74, 6) is 0. The first-order chi connectivity index (χ1) is 8.58. The Labute approximate surface area is 119 Å². The van der Waals surface area contributed by atoms with Crippen LogP contribution in [0.3, 0.4) is 0 Å². The van der Waals surface area contributed by atoms with E-state index in [-0.39, 0.29) is 6.04 Å². The van der Waals surface area contributed by atoms with E-state index >= 15 is 0 Å². The second kappa shape index (κ2) is 4.46. The fourth-order valence-electron chi connectivity index (χ4n) is 2.73. The van der Waals surface area contributed by atoms with Crippen LogP contribution in [0.15, 0.2) is 40.2 Å². The van der Waals surface area contributed by atoms with Gasteiger partial charge in [-0.25, -0.2) is 0 Å². The van der Waals surface area contributed by atoms with Crippen molar-refractivity contribution in [1.82, 2.24) is 0 Å². The topological polar surface area (TPSA) is 46.2 Å². The molecule has 3 rings (SSSR count). The average Bonchev–Trinajstić information content (AvgIpc) is 2.84. The van der Waals surface area contributed by atoms with E-state index < -0.39 is 5.60 Å². The molecule has 2 unspecified atom stereocenters. The number of fused-ring (bicyclic) bond motifs is 1. The van der Waals surface area contributed by atoms with Crippen molar-refractivity contribution in [2.24, 2.45) is 5.73 Å². The molecule has 1 aromatic carbocycles. The van der Waals surface area contributed by atoms with Crippen molar-refractivity contribution < 1.29 is 5.11 Å². The molecule has 1 heterocycles. The van der Waals surface area contributed by atoms with Crippen molar-refractivity contribution in [3.63, 3.8) is 0 Å². The van der Waals surface area contributed by atoms with Crippen molar-refractivity contribution in [1.29, 1.82) is 0 Å². The monoisotopic (exact) mass is 323 g/mol. The molecule has 2 aromatic rings. The highest BCUT2D eigenvalue weighted by Crippen LogP contribution is 2.44. The molecule has 1 aliphatic carbocycles. The Morgan fingerprint density at radius 2 is 2.11 bits per heavy atom. The highest BCUT2D eigenvalue weighted by molar-refractivity contribution is 9.11. The van der Waals surface area contributed by atoms with Gasteiger partial charge in [-0.1, -0.05) is 24.3 Å². The molecule has 0 spiro atoms. The zero-order valence-electron chi connectivity index (χ0n) is 9.77. The second-order valence-corrected chi connectivity index (χ2v) is 7.36. The quantitative estimate of drug-likeness (QED) is 0.890. The van der Waals surface area contributed by atoms with Crippen molar-refractivity contribution >= 4 is 27.3 Å². The number of rotatable bonds is 2. The second-order valence-electron chi connectivity index (χ2n) is 4.81. The summed E-state index contributed by atoms with van der Waals surface area (Å²) < 4.78 is 1.09. The number of hydrogen-bond donors (Lipinski definition) is 2. The molecule has 0 radical (unpaired) electrons. The van der Waals surface area contributed by atoms with Crippen LogP contribution in [0.1, 0.15) is 28.5 Å². The van der Waals surface area contributed by atoms with Gasteiger partial charge in [-0.2, -0.15) is 0 Å². The molecule has 1 aromatic heterocycles. The summed E-state index contributed by atoms with van der Waals surface area (Å²) in [6, 6.07) is 12.0. The Morgan fingerprint density at radius 1 is 1.33 bits per heavy atom. The Balaban J connectivity index is 1.97. The van der Waals surface area contributed by atoms with Crippen LogP contribution in [0.2, 0.25) is 0 Å². The van der Waals surface area contributed by atoms with Gasteiger partial charge in [-0.15, -0.1) is 11.3 Å². The van der Waals surface area contributed by atoms with Crippen LogP contribution in [-0.2, 0) is 12.0 Å². The predicted molar refractivity (Wildman–Crippen MR) is 77.6 cm³/mol. The van der Waals surface area contributed by atoms with Crippen molar-refractivity contribution in [3.05, 3.63) is 56.2 Å². The molecular weight excluding hydrogens is 310 g/mol. The number of halogens is 1. The highest BCUT2D eigenvalue weighted by Gasteiger charge is 2.40. The fraction of sp³-hybridized carbons (Fsp3) is 0.286. The maximum absolute atomic E-state index is 10.9. The number of nitrogens with two attached hydrogens (primary N) is 1. The van der Waals surface area contributed by atoms with Gasteiger partial charge in [-0.3, -0.25) is 0 Å². The van der Waals surface area contributed by atoms with Crippen LogP contribution in [0.25, 0.3) is 0 Å². The summed E-state index contributed by atoms with van der Waals surface area (Å²) >= 11 is 5.12. The van der Waals surface area contributed by atoms with E-state index in [0.29, 0.717) is 12.8 Å². The number of hydrogen-bond acceptors (Lipinski definition) is 3. The largest absolute Gasteiger partial charge is 0.385 e. The molecule has 0 bridgehead atoms. The molecule has 94 valence electrons. The molecule has 3 N–H and O–H groups in total. The zero-order valence-corrected chi connectivity index (χ0v) is 12.2. The summed E-state index contributed by atoms with van der Waals surface area (Å²) in [7, 11) is 0. The lowest BCUT2D eigenvalue weighted by atomic mass is 9.91.